The van der Waals surface area contributed by atoms with E-state index in [0.29, 0.717) is 11.8 Å². The molecule has 1 fully saturated rings. The summed E-state index contributed by atoms with van der Waals surface area (Å²) in [5.74, 6) is 2.04. The normalized spacial score (nSPS) is 16.2. The van der Waals surface area contributed by atoms with Crippen LogP contribution in [0.5, 0.6) is 0 Å². The van der Waals surface area contributed by atoms with E-state index in [1.165, 1.54) is 30.5 Å². The molecule has 0 aliphatic carbocycles. The van der Waals surface area contributed by atoms with E-state index < -0.39 is 0 Å². The van der Waals surface area contributed by atoms with Gasteiger partial charge in [-0.3, -0.25) is 9.88 Å². The van der Waals surface area contributed by atoms with Gasteiger partial charge in [0, 0.05) is 36.7 Å². The van der Waals surface area contributed by atoms with E-state index in [2.05, 4.69) is 70.1 Å². The average molecular weight is 406 g/mol. The largest absolute Gasteiger partial charge is 0.419 e. The van der Waals surface area contributed by atoms with Crippen LogP contribution in [0.3, 0.4) is 0 Å². The van der Waals surface area contributed by atoms with E-state index in [-0.39, 0.29) is 6.04 Å². The first kappa shape index (κ1) is 20.5. The van der Waals surface area contributed by atoms with E-state index in [4.69, 9.17) is 4.42 Å². The van der Waals surface area contributed by atoms with Gasteiger partial charge in [-0.25, -0.2) is 0 Å². The maximum Gasteiger partial charge on any atom is 0.247 e. The van der Waals surface area contributed by atoms with Crippen LogP contribution >= 0.6 is 0 Å². The zero-order valence-electron chi connectivity index (χ0n) is 18.2. The molecular formula is C24H31N5O. The highest BCUT2D eigenvalue weighted by Crippen LogP contribution is 2.27. The maximum absolute atomic E-state index is 5.99. The number of rotatable bonds is 7. The van der Waals surface area contributed by atoms with Crippen LogP contribution in [0, 0.1) is 12.8 Å². The molecule has 0 spiro atoms. The van der Waals surface area contributed by atoms with Gasteiger partial charge in [-0.05, 0) is 76.9 Å². The number of aryl methyl sites for hydroxylation is 1. The number of anilines is 1. The minimum atomic E-state index is 0.105. The van der Waals surface area contributed by atoms with Gasteiger partial charge in [-0.2, -0.15) is 0 Å². The number of pyridine rings is 1. The first-order valence-electron chi connectivity index (χ1n) is 10.9. The Morgan fingerprint density at radius 3 is 2.63 bits per heavy atom. The molecule has 6 nitrogen and oxygen atoms in total. The molecule has 2 aromatic heterocycles. The van der Waals surface area contributed by atoms with Crippen LogP contribution < -0.4 is 4.90 Å². The fraction of sp³-hybridized carbons (Fsp3) is 0.458. The van der Waals surface area contributed by atoms with Gasteiger partial charge in [0.25, 0.3) is 0 Å². The Labute approximate surface area is 178 Å². The average Bonchev–Trinajstić information content (AvgIpc) is 3.28. The summed E-state index contributed by atoms with van der Waals surface area (Å²) in [4.78, 5) is 8.91. The molecule has 30 heavy (non-hydrogen) atoms. The number of hydrogen-bond acceptors (Lipinski definition) is 6. The smallest absolute Gasteiger partial charge is 0.247 e. The van der Waals surface area contributed by atoms with Crippen molar-refractivity contribution in [1.29, 1.82) is 0 Å². The van der Waals surface area contributed by atoms with E-state index in [1.54, 1.807) is 0 Å². The van der Waals surface area contributed by atoms with Crippen LogP contribution in [0.25, 0.3) is 11.5 Å². The second-order valence-electron chi connectivity index (χ2n) is 8.40. The number of aromatic nitrogens is 3. The van der Waals surface area contributed by atoms with E-state index >= 15 is 0 Å². The molecule has 158 valence electrons. The molecular weight excluding hydrogens is 374 g/mol. The van der Waals surface area contributed by atoms with Crippen molar-refractivity contribution < 1.29 is 4.42 Å². The van der Waals surface area contributed by atoms with Crippen molar-refractivity contribution in [2.45, 2.75) is 39.2 Å². The van der Waals surface area contributed by atoms with E-state index in [0.717, 1.165) is 31.1 Å². The second-order valence-corrected chi connectivity index (χ2v) is 8.40. The molecule has 0 N–H and O–H groups in total. The Balaban J connectivity index is 1.27. The van der Waals surface area contributed by atoms with E-state index in [9.17, 15) is 0 Å². The van der Waals surface area contributed by atoms with Crippen LogP contribution in [0.4, 0.5) is 5.69 Å². The lowest BCUT2D eigenvalue weighted by atomic mass is 9.93. The fourth-order valence-corrected chi connectivity index (χ4v) is 4.10. The third-order valence-electron chi connectivity index (χ3n) is 6.26. The summed E-state index contributed by atoms with van der Waals surface area (Å²) in [5, 5.41) is 8.58. The Hall–Kier alpha value is -2.73. The Morgan fingerprint density at radius 2 is 1.90 bits per heavy atom. The SMILES string of the molecule is Cc1cccc(-c2nnc(C(C)N(C)CCC3CCN(c4ccncc4)CC3)o2)c1. The number of piperidine rings is 1. The third-order valence-corrected chi connectivity index (χ3v) is 6.26. The van der Waals surface area contributed by atoms with Gasteiger partial charge in [0.1, 0.15) is 0 Å². The Kier molecular flexibility index (Phi) is 6.43. The summed E-state index contributed by atoms with van der Waals surface area (Å²) in [6.07, 6.45) is 7.43. The highest BCUT2D eigenvalue weighted by atomic mass is 16.4. The molecule has 3 heterocycles. The molecule has 4 rings (SSSR count). The minimum absolute atomic E-state index is 0.105. The first-order chi connectivity index (χ1) is 14.6. The van der Waals surface area contributed by atoms with Crippen LogP contribution in [0.1, 0.15) is 43.7 Å². The van der Waals surface area contributed by atoms with Crippen molar-refractivity contribution in [3.8, 4) is 11.5 Å². The molecule has 3 aromatic rings. The molecule has 0 amide bonds. The van der Waals surface area contributed by atoms with E-state index in [1.807, 2.05) is 24.5 Å². The van der Waals surface area contributed by atoms with Crippen LogP contribution in [-0.4, -0.2) is 46.8 Å². The van der Waals surface area contributed by atoms with Crippen molar-refractivity contribution in [1.82, 2.24) is 20.1 Å². The number of hydrogen-bond donors (Lipinski definition) is 0. The lowest BCUT2D eigenvalue weighted by Crippen LogP contribution is -2.35. The van der Waals surface area contributed by atoms with Gasteiger partial charge in [0.05, 0.1) is 6.04 Å². The topological polar surface area (TPSA) is 58.3 Å². The molecule has 1 aliphatic rings. The first-order valence-corrected chi connectivity index (χ1v) is 10.9. The van der Waals surface area contributed by atoms with Crippen molar-refractivity contribution in [3.63, 3.8) is 0 Å². The summed E-state index contributed by atoms with van der Waals surface area (Å²) in [5.41, 5.74) is 3.45. The van der Waals surface area contributed by atoms with Crippen LogP contribution in [0.2, 0.25) is 0 Å². The predicted molar refractivity (Wildman–Crippen MR) is 119 cm³/mol. The monoisotopic (exact) mass is 405 g/mol. The molecule has 6 heteroatoms. The van der Waals surface area contributed by atoms with Gasteiger partial charge in [0.2, 0.25) is 11.8 Å². The molecule has 1 aliphatic heterocycles. The number of benzene rings is 1. The van der Waals surface area contributed by atoms with Crippen molar-refractivity contribution in [3.05, 3.63) is 60.2 Å². The van der Waals surface area contributed by atoms with Gasteiger partial charge < -0.3 is 9.32 Å². The predicted octanol–water partition coefficient (Wildman–Crippen LogP) is 4.74. The molecule has 0 saturated carbocycles. The van der Waals surface area contributed by atoms with Crippen LogP contribution in [0.15, 0.2) is 53.2 Å². The second kappa shape index (κ2) is 9.39. The van der Waals surface area contributed by atoms with Crippen molar-refractivity contribution in [2.75, 3.05) is 31.6 Å². The van der Waals surface area contributed by atoms with Gasteiger partial charge in [0.15, 0.2) is 0 Å². The van der Waals surface area contributed by atoms with Gasteiger partial charge in [-0.15, -0.1) is 10.2 Å². The quantitative estimate of drug-likeness (QED) is 0.566. The Bertz CT molecular complexity index is 934. The zero-order chi connectivity index (χ0) is 20.9. The lowest BCUT2D eigenvalue weighted by molar-refractivity contribution is 0.203. The standard InChI is InChI=1S/C24H31N5O/c1-18-5-4-6-21(17-18)24-27-26-23(30-24)19(2)28(3)14-9-20-10-15-29(16-11-20)22-7-12-25-13-8-22/h4-8,12-13,17,19-20H,9-11,14-16H2,1-3H3. The number of nitrogens with zero attached hydrogens (tertiary/aromatic N) is 5. The summed E-state index contributed by atoms with van der Waals surface area (Å²) < 4.78 is 5.99. The summed E-state index contributed by atoms with van der Waals surface area (Å²) >= 11 is 0. The summed E-state index contributed by atoms with van der Waals surface area (Å²) in [6, 6.07) is 12.5. The molecule has 1 atom stereocenters. The fourth-order valence-electron chi connectivity index (χ4n) is 4.10. The van der Waals surface area contributed by atoms with Crippen molar-refractivity contribution in [2.24, 2.45) is 5.92 Å². The molecule has 0 bridgehead atoms. The zero-order valence-corrected chi connectivity index (χ0v) is 18.2. The lowest BCUT2D eigenvalue weighted by Gasteiger charge is -2.34. The molecule has 1 saturated heterocycles. The third kappa shape index (κ3) is 4.87. The van der Waals surface area contributed by atoms with Gasteiger partial charge in [-0.1, -0.05) is 17.7 Å². The molecule has 0 radical (unpaired) electrons. The minimum Gasteiger partial charge on any atom is -0.419 e. The highest BCUT2D eigenvalue weighted by Gasteiger charge is 2.23. The van der Waals surface area contributed by atoms with Crippen molar-refractivity contribution >= 4 is 5.69 Å². The molecule has 1 unspecified atom stereocenters. The van der Waals surface area contributed by atoms with Crippen LogP contribution in [-0.2, 0) is 0 Å². The Morgan fingerprint density at radius 1 is 1.13 bits per heavy atom. The van der Waals surface area contributed by atoms with Gasteiger partial charge >= 0.3 is 0 Å². The summed E-state index contributed by atoms with van der Waals surface area (Å²) in [7, 11) is 2.15. The highest BCUT2D eigenvalue weighted by molar-refractivity contribution is 5.53. The molecule has 1 aromatic carbocycles. The summed E-state index contributed by atoms with van der Waals surface area (Å²) in [6.45, 7) is 7.48. The maximum atomic E-state index is 5.99.